The van der Waals surface area contributed by atoms with Crippen LogP contribution in [0.4, 0.5) is 0 Å². The number of nitrogens with one attached hydrogen (secondary N) is 1. The van der Waals surface area contributed by atoms with Gasteiger partial charge in [-0.15, -0.1) is 0 Å². The van der Waals surface area contributed by atoms with Crippen LogP contribution in [0.25, 0.3) is 0 Å². The largest absolute Gasteiger partial charge is 0.351 e. The molecule has 0 spiro atoms. The fourth-order valence-electron chi connectivity index (χ4n) is 3.11. The maximum absolute atomic E-state index is 12.8. The van der Waals surface area contributed by atoms with E-state index in [0.717, 1.165) is 6.42 Å². The van der Waals surface area contributed by atoms with Gasteiger partial charge in [-0.25, -0.2) is 0 Å². The molecule has 0 aromatic carbocycles. The Morgan fingerprint density at radius 1 is 0.952 bits per heavy atom. The molecule has 1 unspecified atom stereocenters. The highest BCUT2D eigenvalue weighted by molar-refractivity contribution is 5.80. The zero-order valence-electron chi connectivity index (χ0n) is 16.0. The lowest BCUT2D eigenvalue weighted by Gasteiger charge is -2.39. The standard InChI is InChI=1S/C18H38N2O/c1-15(2,3)12-18(9,10)20-14(21)13(16(4,5)6)11-17(7,8)19/h13H,11-12,19H2,1-10H3,(H,20,21). The third-order valence-corrected chi connectivity index (χ3v) is 3.53. The van der Waals surface area contributed by atoms with E-state index in [2.05, 4.69) is 60.7 Å². The molecule has 0 rings (SSSR count). The molecule has 3 N–H and O–H groups in total. The molecule has 0 aliphatic heterocycles. The number of hydrogen-bond donors (Lipinski definition) is 2. The monoisotopic (exact) mass is 298 g/mol. The van der Waals surface area contributed by atoms with Gasteiger partial charge in [0.2, 0.25) is 5.91 Å². The first-order chi connectivity index (χ1) is 8.93. The normalized spacial score (nSPS) is 15.8. The summed E-state index contributed by atoms with van der Waals surface area (Å²) in [7, 11) is 0. The number of carbonyl (C=O) groups excluding carboxylic acids is 1. The lowest BCUT2D eigenvalue weighted by Crippen LogP contribution is -2.52. The van der Waals surface area contributed by atoms with Crippen LogP contribution in [0.15, 0.2) is 0 Å². The van der Waals surface area contributed by atoms with Gasteiger partial charge in [-0.2, -0.15) is 0 Å². The lowest BCUT2D eigenvalue weighted by atomic mass is 9.73. The van der Waals surface area contributed by atoms with Crippen LogP contribution in [0, 0.1) is 16.7 Å². The van der Waals surface area contributed by atoms with Gasteiger partial charge < -0.3 is 11.1 Å². The Hall–Kier alpha value is -0.570. The molecule has 21 heavy (non-hydrogen) atoms. The molecule has 0 heterocycles. The molecular weight excluding hydrogens is 260 g/mol. The minimum absolute atomic E-state index is 0.0863. The molecule has 0 aliphatic carbocycles. The van der Waals surface area contributed by atoms with Crippen molar-refractivity contribution < 1.29 is 4.79 Å². The number of hydrogen-bond acceptors (Lipinski definition) is 2. The highest BCUT2D eigenvalue weighted by Gasteiger charge is 2.37. The van der Waals surface area contributed by atoms with Crippen molar-refractivity contribution in [2.24, 2.45) is 22.5 Å². The summed E-state index contributed by atoms with van der Waals surface area (Å²) >= 11 is 0. The lowest BCUT2D eigenvalue weighted by molar-refractivity contribution is -0.131. The average Bonchev–Trinajstić information content (AvgIpc) is 2.05. The van der Waals surface area contributed by atoms with Gasteiger partial charge in [-0.05, 0) is 51.4 Å². The van der Waals surface area contributed by atoms with Crippen molar-refractivity contribution in [1.29, 1.82) is 0 Å². The summed E-state index contributed by atoms with van der Waals surface area (Å²) < 4.78 is 0. The van der Waals surface area contributed by atoms with Crippen LogP contribution >= 0.6 is 0 Å². The van der Waals surface area contributed by atoms with Crippen molar-refractivity contribution >= 4 is 5.91 Å². The first kappa shape index (κ1) is 20.4. The first-order valence-corrected chi connectivity index (χ1v) is 8.04. The maximum Gasteiger partial charge on any atom is 0.224 e. The van der Waals surface area contributed by atoms with Crippen molar-refractivity contribution in [1.82, 2.24) is 5.32 Å². The summed E-state index contributed by atoms with van der Waals surface area (Å²) in [6, 6.07) is 0. The van der Waals surface area contributed by atoms with Crippen molar-refractivity contribution in [2.75, 3.05) is 0 Å². The predicted molar refractivity (Wildman–Crippen MR) is 92.1 cm³/mol. The minimum Gasteiger partial charge on any atom is -0.351 e. The molecule has 1 atom stereocenters. The highest BCUT2D eigenvalue weighted by Crippen LogP contribution is 2.34. The molecule has 3 heteroatoms. The van der Waals surface area contributed by atoms with E-state index in [1.165, 1.54) is 0 Å². The van der Waals surface area contributed by atoms with Crippen molar-refractivity contribution in [3.8, 4) is 0 Å². The molecule has 0 bridgehead atoms. The molecular formula is C18H38N2O. The second-order valence-electron chi connectivity index (χ2n) is 10.2. The van der Waals surface area contributed by atoms with Gasteiger partial charge in [-0.1, -0.05) is 41.5 Å². The van der Waals surface area contributed by atoms with E-state index in [1.807, 2.05) is 13.8 Å². The third-order valence-electron chi connectivity index (χ3n) is 3.53. The van der Waals surface area contributed by atoms with Gasteiger partial charge in [0.05, 0.1) is 0 Å². The Labute approximate surface area is 132 Å². The Bertz CT molecular complexity index is 351. The molecule has 3 nitrogen and oxygen atoms in total. The fraction of sp³-hybridized carbons (Fsp3) is 0.944. The maximum atomic E-state index is 12.8. The minimum atomic E-state index is -0.344. The van der Waals surface area contributed by atoms with Crippen LogP contribution < -0.4 is 11.1 Å². The van der Waals surface area contributed by atoms with Gasteiger partial charge in [0.25, 0.3) is 0 Å². The molecule has 0 aromatic heterocycles. The summed E-state index contributed by atoms with van der Waals surface area (Å²) in [6.45, 7) is 21.1. The summed E-state index contributed by atoms with van der Waals surface area (Å²) in [4.78, 5) is 12.8. The Morgan fingerprint density at radius 2 is 1.38 bits per heavy atom. The van der Waals surface area contributed by atoms with Crippen LogP contribution in [0.2, 0.25) is 0 Å². The summed E-state index contributed by atoms with van der Waals surface area (Å²) in [5, 5.41) is 3.25. The van der Waals surface area contributed by atoms with E-state index < -0.39 is 0 Å². The Balaban J connectivity index is 5.08. The smallest absolute Gasteiger partial charge is 0.224 e. The van der Waals surface area contributed by atoms with Crippen LogP contribution in [0.3, 0.4) is 0 Å². The summed E-state index contributed by atoms with van der Waals surface area (Å²) in [5.41, 5.74) is 5.68. The average molecular weight is 299 g/mol. The molecule has 126 valence electrons. The van der Waals surface area contributed by atoms with Crippen molar-refractivity contribution in [2.45, 2.75) is 93.2 Å². The van der Waals surface area contributed by atoms with E-state index in [0.29, 0.717) is 6.42 Å². The second-order valence-corrected chi connectivity index (χ2v) is 10.2. The summed E-state index contributed by atoms with van der Waals surface area (Å²) in [6.07, 6.45) is 1.63. The topological polar surface area (TPSA) is 55.1 Å². The van der Waals surface area contributed by atoms with Crippen molar-refractivity contribution in [3.63, 3.8) is 0 Å². The van der Waals surface area contributed by atoms with E-state index in [4.69, 9.17) is 5.73 Å². The zero-order chi connectivity index (χ0) is 17.3. The Kier molecular flexibility index (Phi) is 6.10. The van der Waals surface area contributed by atoms with Gasteiger partial charge in [0, 0.05) is 17.0 Å². The van der Waals surface area contributed by atoms with E-state index in [9.17, 15) is 4.79 Å². The number of carbonyl (C=O) groups is 1. The van der Waals surface area contributed by atoms with Crippen molar-refractivity contribution in [3.05, 3.63) is 0 Å². The molecule has 0 aliphatic rings. The molecule has 0 fully saturated rings. The fourth-order valence-corrected chi connectivity index (χ4v) is 3.11. The zero-order valence-corrected chi connectivity index (χ0v) is 16.0. The van der Waals surface area contributed by atoms with E-state index in [1.54, 1.807) is 0 Å². The molecule has 0 aromatic rings. The van der Waals surface area contributed by atoms with Gasteiger partial charge >= 0.3 is 0 Å². The third kappa shape index (κ3) is 9.13. The number of amides is 1. The van der Waals surface area contributed by atoms with Gasteiger partial charge in [0.1, 0.15) is 0 Å². The van der Waals surface area contributed by atoms with Crippen LogP contribution in [-0.2, 0) is 4.79 Å². The highest BCUT2D eigenvalue weighted by atomic mass is 16.2. The number of nitrogens with two attached hydrogens (primary N) is 1. The first-order valence-electron chi connectivity index (χ1n) is 8.04. The predicted octanol–water partition coefficient (Wildman–Crippen LogP) is 4.11. The second kappa shape index (κ2) is 6.28. The number of rotatable bonds is 5. The summed E-state index contributed by atoms with van der Waals surface area (Å²) in [5.74, 6) is 0.0343. The molecule has 1 amide bonds. The molecule has 0 saturated heterocycles. The van der Waals surface area contributed by atoms with E-state index in [-0.39, 0.29) is 33.7 Å². The van der Waals surface area contributed by atoms with Crippen LogP contribution in [-0.4, -0.2) is 17.0 Å². The molecule has 0 radical (unpaired) electrons. The van der Waals surface area contributed by atoms with Crippen LogP contribution in [0.5, 0.6) is 0 Å². The quantitative estimate of drug-likeness (QED) is 0.802. The van der Waals surface area contributed by atoms with Gasteiger partial charge in [-0.3, -0.25) is 4.79 Å². The van der Waals surface area contributed by atoms with Gasteiger partial charge in [0.15, 0.2) is 0 Å². The van der Waals surface area contributed by atoms with Crippen LogP contribution in [0.1, 0.15) is 82.1 Å². The Morgan fingerprint density at radius 3 is 1.67 bits per heavy atom. The SMILES string of the molecule is CC(C)(C)CC(C)(C)NC(=O)C(CC(C)(C)N)C(C)(C)C. The van der Waals surface area contributed by atoms with E-state index >= 15 is 0 Å². The molecule has 0 saturated carbocycles.